The molecule has 0 aromatic heterocycles. The molecule has 0 fully saturated rings. The predicted octanol–water partition coefficient (Wildman–Crippen LogP) is 2.44. The summed E-state index contributed by atoms with van der Waals surface area (Å²) in [6.45, 7) is 0. The van der Waals surface area contributed by atoms with Crippen LogP contribution in [0.15, 0.2) is 52.3 Å². The van der Waals surface area contributed by atoms with Crippen molar-refractivity contribution in [3.63, 3.8) is 0 Å². The highest BCUT2D eigenvalue weighted by atomic mass is 127. The van der Waals surface area contributed by atoms with Gasteiger partial charge in [0.2, 0.25) is 0 Å². The molecule has 0 spiro atoms. The summed E-state index contributed by atoms with van der Waals surface area (Å²) in [5.41, 5.74) is 0. The van der Waals surface area contributed by atoms with Gasteiger partial charge < -0.3 is 4.18 Å². The molecule has 0 bridgehead atoms. The lowest BCUT2D eigenvalue weighted by Gasteiger charge is -2.09. The molecule has 0 aliphatic carbocycles. The fourth-order valence-electron chi connectivity index (χ4n) is 1.48. The van der Waals surface area contributed by atoms with E-state index in [1.165, 1.54) is 0 Å². The van der Waals surface area contributed by atoms with Gasteiger partial charge in [0.05, 0.1) is 8.47 Å². The molecule has 2 aromatic rings. The van der Waals surface area contributed by atoms with E-state index in [-0.39, 0.29) is 19.1 Å². The summed E-state index contributed by atoms with van der Waals surface area (Å²) >= 11 is 1.67. The summed E-state index contributed by atoms with van der Waals surface area (Å²) < 4.78 is 72.8. The Morgan fingerprint density at radius 2 is 1.50 bits per heavy atom. The van der Waals surface area contributed by atoms with E-state index in [1.807, 2.05) is 0 Å². The Morgan fingerprint density at radius 1 is 0.955 bits per heavy atom. The van der Waals surface area contributed by atoms with Crippen LogP contribution in [0.3, 0.4) is 0 Å². The Bertz CT molecular complexity index is 907. The van der Waals surface area contributed by atoms with Crippen LogP contribution in [0.1, 0.15) is 0 Å². The number of benzene rings is 2. The van der Waals surface area contributed by atoms with Crippen molar-refractivity contribution < 1.29 is 30.0 Å². The lowest BCUT2D eigenvalue weighted by molar-refractivity contribution is 0.481. The monoisotopic (exact) mass is 458 g/mol. The molecule has 0 aliphatic heterocycles. The zero-order chi connectivity index (χ0) is 16.5. The van der Waals surface area contributed by atoms with Gasteiger partial charge in [0.1, 0.15) is 10.7 Å². The van der Waals surface area contributed by atoms with Gasteiger partial charge in [-0.15, -0.1) is 0 Å². The standard InChI is InChI=1S/C12H8FIO6S2/c13-8-1-3-9(4-2-8)22(18,19)20-12-6-5-10(7-11(12)14)21(15,16)17/h1-7H,(H,15,16,17). The first-order valence-corrected chi connectivity index (χ1v) is 9.49. The maximum atomic E-state index is 12.8. The third-order valence-electron chi connectivity index (χ3n) is 2.50. The van der Waals surface area contributed by atoms with Gasteiger partial charge in [-0.2, -0.15) is 16.8 Å². The second kappa shape index (κ2) is 6.10. The van der Waals surface area contributed by atoms with Crippen LogP contribution in [0.4, 0.5) is 4.39 Å². The van der Waals surface area contributed by atoms with Crippen molar-refractivity contribution in [1.82, 2.24) is 0 Å². The molecule has 1 N–H and O–H groups in total. The summed E-state index contributed by atoms with van der Waals surface area (Å²) in [6.07, 6.45) is 0. The van der Waals surface area contributed by atoms with E-state index in [0.717, 1.165) is 42.5 Å². The third-order valence-corrected chi connectivity index (χ3v) is 5.44. The van der Waals surface area contributed by atoms with Crippen LogP contribution < -0.4 is 4.18 Å². The van der Waals surface area contributed by atoms with Crippen molar-refractivity contribution in [3.05, 3.63) is 51.9 Å². The Kier molecular flexibility index (Phi) is 4.75. The Morgan fingerprint density at radius 3 is 2.00 bits per heavy atom. The Hall–Kier alpha value is -1.24. The molecule has 0 aliphatic rings. The third kappa shape index (κ3) is 3.94. The predicted molar refractivity (Wildman–Crippen MR) is 83.2 cm³/mol. The lowest BCUT2D eigenvalue weighted by atomic mass is 10.3. The van der Waals surface area contributed by atoms with Gasteiger partial charge in [0.15, 0.2) is 5.75 Å². The van der Waals surface area contributed by atoms with Gasteiger partial charge in [-0.05, 0) is 65.1 Å². The van der Waals surface area contributed by atoms with Crippen LogP contribution >= 0.6 is 22.6 Å². The summed E-state index contributed by atoms with van der Waals surface area (Å²) in [5, 5.41) is 0. The fourth-order valence-corrected chi connectivity index (χ4v) is 3.92. The van der Waals surface area contributed by atoms with E-state index >= 15 is 0 Å². The molecule has 0 heterocycles. The highest BCUT2D eigenvalue weighted by Crippen LogP contribution is 2.27. The van der Waals surface area contributed by atoms with Crippen molar-refractivity contribution in [3.8, 4) is 5.75 Å². The molecule has 0 saturated heterocycles. The van der Waals surface area contributed by atoms with Crippen LogP contribution in [0.25, 0.3) is 0 Å². The molecular weight excluding hydrogens is 450 g/mol. The zero-order valence-electron chi connectivity index (χ0n) is 10.6. The van der Waals surface area contributed by atoms with E-state index in [9.17, 15) is 21.2 Å². The first-order valence-electron chi connectivity index (χ1n) is 5.57. The second-order valence-electron chi connectivity index (χ2n) is 4.06. The van der Waals surface area contributed by atoms with Crippen LogP contribution in [-0.2, 0) is 20.2 Å². The molecular formula is C12H8FIO6S2. The van der Waals surface area contributed by atoms with Crippen molar-refractivity contribution in [2.75, 3.05) is 0 Å². The maximum absolute atomic E-state index is 12.8. The lowest BCUT2D eigenvalue weighted by Crippen LogP contribution is -2.11. The van der Waals surface area contributed by atoms with Crippen molar-refractivity contribution >= 4 is 42.8 Å². The highest BCUT2D eigenvalue weighted by Gasteiger charge is 2.19. The minimum absolute atomic E-state index is 0.114. The van der Waals surface area contributed by atoms with Crippen molar-refractivity contribution in [2.24, 2.45) is 0 Å². The van der Waals surface area contributed by atoms with Gasteiger partial charge >= 0.3 is 10.1 Å². The minimum atomic E-state index is -4.39. The maximum Gasteiger partial charge on any atom is 0.339 e. The number of hydrogen-bond acceptors (Lipinski definition) is 5. The molecule has 0 saturated carbocycles. The van der Waals surface area contributed by atoms with Gasteiger partial charge in [-0.25, -0.2) is 4.39 Å². The molecule has 118 valence electrons. The van der Waals surface area contributed by atoms with E-state index in [2.05, 4.69) is 0 Å². The average Bonchev–Trinajstić information content (AvgIpc) is 2.40. The van der Waals surface area contributed by atoms with Gasteiger partial charge in [-0.3, -0.25) is 4.55 Å². The van der Waals surface area contributed by atoms with E-state index < -0.39 is 26.1 Å². The molecule has 6 nitrogen and oxygen atoms in total. The first kappa shape index (κ1) is 17.1. The molecule has 10 heteroatoms. The van der Waals surface area contributed by atoms with Crippen molar-refractivity contribution in [1.29, 1.82) is 0 Å². The Labute approximate surface area is 139 Å². The minimum Gasteiger partial charge on any atom is -0.378 e. The number of halogens is 2. The quantitative estimate of drug-likeness (QED) is 0.430. The molecule has 0 unspecified atom stereocenters. The zero-order valence-corrected chi connectivity index (χ0v) is 14.4. The highest BCUT2D eigenvalue weighted by molar-refractivity contribution is 14.1. The summed E-state index contributed by atoms with van der Waals surface area (Å²) in [6, 6.07) is 7.21. The summed E-state index contributed by atoms with van der Waals surface area (Å²) in [5.74, 6) is -0.705. The number of rotatable bonds is 4. The fraction of sp³-hybridized carbons (Fsp3) is 0. The normalized spacial score (nSPS) is 12.1. The summed E-state index contributed by atoms with van der Waals surface area (Å²) in [7, 11) is -8.58. The van der Waals surface area contributed by atoms with Crippen LogP contribution in [0.5, 0.6) is 5.75 Å². The topological polar surface area (TPSA) is 97.7 Å². The smallest absolute Gasteiger partial charge is 0.339 e. The van der Waals surface area contributed by atoms with Crippen LogP contribution in [0.2, 0.25) is 0 Å². The first-order chi connectivity index (χ1) is 10.1. The molecule has 0 radical (unpaired) electrons. The van der Waals surface area contributed by atoms with Crippen LogP contribution in [0, 0.1) is 9.39 Å². The molecule has 2 aromatic carbocycles. The van der Waals surface area contributed by atoms with Crippen LogP contribution in [-0.4, -0.2) is 21.4 Å². The van der Waals surface area contributed by atoms with Crippen molar-refractivity contribution in [2.45, 2.75) is 9.79 Å². The van der Waals surface area contributed by atoms with Gasteiger partial charge in [0, 0.05) is 0 Å². The van der Waals surface area contributed by atoms with E-state index in [4.69, 9.17) is 8.74 Å². The SMILES string of the molecule is O=S(=O)(O)c1ccc(OS(=O)(=O)c2ccc(F)cc2)c(I)c1. The largest absolute Gasteiger partial charge is 0.378 e. The number of hydrogen-bond donors (Lipinski definition) is 1. The average molecular weight is 458 g/mol. The van der Waals surface area contributed by atoms with Gasteiger partial charge in [0.25, 0.3) is 10.1 Å². The molecule has 22 heavy (non-hydrogen) atoms. The molecule has 2 rings (SSSR count). The molecule has 0 atom stereocenters. The summed E-state index contributed by atoms with van der Waals surface area (Å²) in [4.78, 5) is -0.632. The van der Waals surface area contributed by atoms with E-state index in [1.54, 1.807) is 22.6 Å². The van der Waals surface area contributed by atoms with Gasteiger partial charge in [-0.1, -0.05) is 0 Å². The second-order valence-corrected chi connectivity index (χ2v) is 8.19. The molecule has 0 amide bonds. The Balaban J connectivity index is 2.36. The van der Waals surface area contributed by atoms with E-state index in [0.29, 0.717) is 0 Å².